The van der Waals surface area contributed by atoms with Gasteiger partial charge in [-0.2, -0.15) is 5.26 Å². The zero-order valence-electron chi connectivity index (χ0n) is 12.0. The summed E-state index contributed by atoms with van der Waals surface area (Å²) in [5.41, 5.74) is 1.20. The molecular weight excluding hydrogens is 266 g/mol. The summed E-state index contributed by atoms with van der Waals surface area (Å²) in [5.74, 6) is 1.50. The Morgan fingerprint density at radius 1 is 1.19 bits per heavy atom. The molecule has 0 saturated carbocycles. The van der Waals surface area contributed by atoms with Crippen LogP contribution in [0.3, 0.4) is 0 Å². The smallest absolute Gasteiger partial charge is 0.207 e. The molecule has 1 aliphatic heterocycles. The first-order chi connectivity index (χ1) is 10.3. The van der Waals surface area contributed by atoms with Gasteiger partial charge in [-0.3, -0.25) is 0 Å². The summed E-state index contributed by atoms with van der Waals surface area (Å²) in [6.45, 7) is 4.47. The molecule has 2 heterocycles. The molecule has 2 aromatic rings. The minimum Gasteiger partial charge on any atom is -0.494 e. The van der Waals surface area contributed by atoms with Crippen LogP contribution in [-0.4, -0.2) is 34.7 Å². The molecule has 0 spiro atoms. The Bertz CT molecular complexity index is 650. The van der Waals surface area contributed by atoms with E-state index in [-0.39, 0.29) is 0 Å². The van der Waals surface area contributed by atoms with Gasteiger partial charge in [0.1, 0.15) is 11.8 Å². The Labute approximate surface area is 123 Å². The highest BCUT2D eigenvalue weighted by Gasteiger charge is 2.21. The molecule has 21 heavy (non-hydrogen) atoms. The maximum absolute atomic E-state index is 9.24. The summed E-state index contributed by atoms with van der Waals surface area (Å²) in [6, 6.07) is 9.67. The van der Waals surface area contributed by atoms with Crippen LogP contribution >= 0.6 is 0 Å². The highest BCUT2D eigenvalue weighted by atomic mass is 16.5. The minimum atomic E-state index is 0.380. The second-order valence-corrected chi connectivity index (χ2v) is 4.89. The van der Waals surface area contributed by atoms with Gasteiger partial charge in [0.25, 0.3) is 0 Å². The number of aromatic nitrogens is 3. The Balaban J connectivity index is 1.90. The van der Waals surface area contributed by atoms with Gasteiger partial charge in [0, 0.05) is 13.1 Å². The molecule has 1 aromatic carbocycles. The Hall–Kier alpha value is -2.55. The molecule has 1 aromatic heterocycles. The van der Waals surface area contributed by atoms with Crippen LogP contribution in [0.2, 0.25) is 0 Å². The zero-order valence-corrected chi connectivity index (χ0v) is 12.0. The highest BCUT2D eigenvalue weighted by molar-refractivity contribution is 5.51. The van der Waals surface area contributed by atoms with E-state index in [2.05, 4.69) is 21.2 Å². The summed E-state index contributed by atoms with van der Waals surface area (Å²) >= 11 is 0. The summed E-state index contributed by atoms with van der Waals surface area (Å²) in [6.07, 6.45) is 2.28. The lowest BCUT2D eigenvalue weighted by atomic mass is 10.3. The summed E-state index contributed by atoms with van der Waals surface area (Å²) in [7, 11) is 0. The molecule has 0 unspecified atom stereocenters. The largest absolute Gasteiger partial charge is 0.494 e. The first-order valence-corrected chi connectivity index (χ1v) is 7.17. The maximum Gasteiger partial charge on any atom is 0.207 e. The number of nitriles is 1. The van der Waals surface area contributed by atoms with Gasteiger partial charge in [-0.1, -0.05) is 0 Å². The van der Waals surface area contributed by atoms with Gasteiger partial charge in [-0.25, -0.2) is 0 Å². The Morgan fingerprint density at radius 2 is 1.90 bits per heavy atom. The van der Waals surface area contributed by atoms with Crippen molar-refractivity contribution in [1.29, 1.82) is 5.26 Å². The molecule has 1 saturated heterocycles. The van der Waals surface area contributed by atoms with E-state index in [4.69, 9.17) is 4.74 Å². The van der Waals surface area contributed by atoms with Crippen molar-refractivity contribution in [2.24, 2.45) is 0 Å². The summed E-state index contributed by atoms with van der Waals surface area (Å²) in [4.78, 5) is 3.64. The van der Waals surface area contributed by atoms with Crippen molar-refractivity contribution in [2.45, 2.75) is 19.8 Å². The van der Waals surface area contributed by atoms with E-state index in [9.17, 15) is 5.26 Å². The number of rotatable bonds is 4. The fraction of sp³-hybridized carbons (Fsp3) is 0.400. The van der Waals surface area contributed by atoms with E-state index in [0.717, 1.165) is 37.4 Å². The monoisotopic (exact) mass is 283 g/mol. The van der Waals surface area contributed by atoms with Crippen LogP contribution in [0.1, 0.15) is 25.5 Å². The minimum absolute atomic E-state index is 0.380. The number of benzene rings is 1. The molecular formula is C15H17N5O. The van der Waals surface area contributed by atoms with Crippen LogP contribution in [0.4, 0.5) is 5.82 Å². The van der Waals surface area contributed by atoms with Crippen LogP contribution < -0.4 is 9.64 Å². The molecule has 1 fully saturated rings. The van der Waals surface area contributed by atoms with Crippen molar-refractivity contribution in [3.63, 3.8) is 0 Å². The number of hydrogen-bond donors (Lipinski definition) is 0. The summed E-state index contributed by atoms with van der Waals surface area (Å²) in [5, 5.41) is 18.0. The number of anilines is 1. The molecule has 0 radical (unpaired) electrons. The van der Waals surface area contributed by atoms with Crippen molar-refractivity contribution < 1.29 is 4.74 Å². The second kappa shape index (κ2) is 5.83. The standard InChI is InChI=1S/C15H17N5O/c1-2-21-13-7-5-12(6-8-13)20-17-14(11-16)15(18-20)19-9-3-4-10-19/h5-8H,2-4,9-10H2,1H3. The van der Waals surface area contributed by atoms with Crippen molar-refractivity contribution >= 4 is 5.82 Å². The van der Waals surface area contributed by atoms with Crippen LogP contribution in [-0.2, 0) is 0 Å². The number of hydrogen-bond acceptors (Lipinski definition) is 5. The Kier molecular flexibility index (Phi) is 3.73. The van der Waals surface area contributed by atoms with Crippen molar-refractivity contribution in [2.75, 3.05) is 24.6 Å². The number of nitrogens with zero attached hydrogens (tertiary/aromatic N) is 5. The van der Waals surface area contributed by atoms with Gasteiger partial charge in [0.05, 0.1) is 12.3 Å². The summed E-state index contributed by atoms with van der Waals surface area (Å²) < 4.78 is 5.42. The highest BCUT2D eigenvalue weighted by Crippen LogP contribution is 2.22. The predicted octanol–water partition coefficient (Wildman–Crippen LogP) is 2.14. The van der Waals surface area contributed by atoms with Gasteiger partial charge < -0.3 is 9.64 Å². The normalized spacial score (nSPS) is 14.2. The average molecular weight is 283 g/mol. The van der Waals surface area contributed by atoms with Crippen LogP contribution in [0, 0.1) is 11.3 Å². The third kappa shape index (κ3) is 2.68. The first-order valence-electron chi connectivity index (χ1n) is 7.17. The van der Waals surface area contributed by atoms with E-state index < -0.39 is 0 Å². The van der Waals surface area contributed by atoms with Crippen molar-refractivity contribution in [3.05, 3.63) is 30.0 Å². The van der Waals surface area contributed by atoms with E-state index in [1.165, 1.54) is 4.80 Å². The van der Waals surface area contributed by atoms with Crippen molar-refractivity contribution in [1.82, 2.24) is 15.0 Å². The van der Waals surface area contributed by atoms with Gasteiger partial charge in [-0.05, 0) is 44.0 Å². The van der Waals surface area contributed by atoms with E-state index in [0.29, 0.717) is 18.1 Å². The second-order valence-electron chi connectivity index (χ2n) is 4.89. The quantitative estimate of drug-likeness (QED) is 0.860. The molecule has 108 valence electrons. The zero-order chi connectivity index (χ0) is 14.7. The molecule has 1 aliphatic rings. The van der Waals surface area contributed by atoms with E-state index in [1.807, 2.05) is 31.2 Å². The van der Waals surface area contributed by atoms with Gasteiger partial charge >= 0.3 is 0 Å². The van der Waals surface area contributed by atoms with E-state index in [1.54, 1.807) is 0 Å². The van der Waals surface area contributed by atoms with Gasteiger partial charge in [0.15, 0.2) is 5.82 Å². The molecule has 0 N–H and O–H groups in total. The SMILES string of the molecule is CCOc1ccc(-n2nc(C#N)c(N3CCCC3)n2)cc1. The molecule has 6 nitrogen and oxygen atoms in total. The molecule has 0 bridgehead atoms. The number of ether oxygens (including phenoxy) is 1. The van der Waals surface area contributed by atoms with Crippen LogP contribution in [0.5, 0.6) is 5.75 Å². The molecule has 0 amide bonds. The van der Waals surface area contributed by atoms with Crippen LogP contribution in [0.25, 0.3) is 5.69 Å². The lowest BCUT2D eigenvalue weighted by Crippen LogP contribution is -2.19. The Morgan fingerprint density at radius 3 is 2.52 bits per heavy atom. The van der Waals surface area contributed by atoms with Crippen LogP contribution in [0.15, 0.2) is 24.3 Å². The van der Waals surface area contributed by atoms with Crippen molar-refractivity contribution in [3.8, 4) is 17.5 Å². The average Bonchev–Trinajstić information content (AvgIpc) is 3.17. The lowest BCUT2D eigenvalue weighted by Gasteiger charge is -2.12. The topological polar surface area (TPSA) is 67.0 Å². The fourth-order valence-electron chi connectivity index (χ4n) is 2.47. The predicted molar refractivity (Wildman–Crippen MR) is 78.7 cm³/mol. The fourth-order valence-corrected chi connectivity index (χ4v) is 2.47. The maximum atomic E-state index is 9.24. The van der Waals surface area contributed by atoms with Gasteiger partial charge in [-0.15, -0.1) is 15.0 Å². The molecule has 0 atom stereocenters. The van der Waals surface area contributed by atoms with Gasteiger partial charge in [0.2, 0.25) is 5.69 Å². The van der Waals surface area contributed by atoms with E-state index >= 15 is 0 Å². The molecule has 0 aliphatic carbocycles. The third-order valence-electron chi connectivity index (χ3n) is 3.49. The molecule has 3 rings (SSSR count). The lowest BCUT2D eigenvalue weighted by molar-refractivity contribution is 0.340. The molecule has 6 heteroatoms. The third-order valence-corrected chi connectivity index (χ3v) is 3.49. The first kappa shape index (κ1) is 13.4.